The highest BCUT2D eigenvalue weighted by atomic mass is 19.4. The fraction of sp³-hybridized carbons (Fsp3) is 0.636. The van der Waals surface area contributed by atoms with Crippen molar-refractivity contribution in [3.05, 3.63) is 18.0 Å². The van der Waals surface area contributed by atoms with E-state index in [1.807, 2.05) is 0 Å². The van der Waals surface area contributed by atoms with Crippen molar-refractivity contribution >= 4 is 5.95 Å². The smallest absolute Gasteiger partial charge is 0.388 e. The number of halogens is 3. The van der Waals surface area contributed by atoms with Gasteiger partial charge in [0, 0.05) is 12.7 Å². The molecule has 18 heavy (non-hydrogen) atoms. The Kier molecular flexibility index (Phi) is 4.50. The summed E-state index contributed by atoms with van der Waals surface area (Å²) >= 11 is 0. The minimum atomic E-state index is -4.49. The summed E-state index contributed by atoms with van der Waals surface area (Å²) in [5.41, 5.74) is -1.96. The second-order valence-corrected chi connectivity index (χ2v) is 4.05. The molecule has 0 aliphatic rings. The number of hydrogen-bond donors (Lipinski definition) is 2. The Bertz CT molecular complexity index is 391. The third-order valence-corrected chi connectivity index (χ3v) is 2.84. The lowest BCUT2D eigenvalue weighted by Crippen LogP contribution is -2.35. The quantitative estimate of drug-likeness (QED) is 0.856. The van der Waals surface area contributed by atoms with Crippen molar-refractivity contribution in [1.29, 1.82) is 0 Å². The molecule has 0 amide bonds. The van der Waals surface area contributed by atoms with Crippen molar-refractivity contribution in [3.63, 3.8) is 0 Å². The van der Waals surface area contributed by atoms with Crippen molar-refractivity contribution < 1.29 is 18.3 Å². The zero-order chi connectivity index (χ0) is 13.8. The average molecular weight is 263 g/mol. The first-order valence-electron chi connectivity index (χ1n) is 5.67. The summed E-state index contributed by atoms with van der Waals surface area (Å²) in [6, 6.07) is 0.803. The fourth-order valence-corrected chi connectivity index (χ4v) is 1.35. The molecule has 1 aromatic rings. The maximum Gasteiger partial charge on any atom is 0.433 e. The molecule has 0 unspecified atom stereocenters. The zero-order valence-corrected chi connectivity index (χ0v) is 10.3. The first-order valence-corrected chi connectivity index (χ1v) is 5.67. The molecule has 0 radical (unpaired) electrons. The van der Waals surface area contributed by atoms with E-state index in [0.717, 1.165) is 12.3 Å². The largest absolute Gasteiger partial charge is 0.433 e. The monoisotopic (exact) mass is 263 g/mol. The van der Waals surface area contributed by atoms with Crippen molar-refractivity contribution in [1.82, 2.24) is 9.97 Å². The van der Waals surface area contributed by atoms with E-state index in [-0.39, 0.29) is 12.5 Å². The predicted octanol–water partition coefficient (Wildman–Crippen LogP) is 2.46. The van der Waals surface area contributed by atoms with Gasteiger partial charge in [0.25, 0.3) is 0 Å². The Morgan fingerprint density at radius 3 is 2.39 bits per heavy atom. The van der Waals surface area contributed by atoms with Gasteiger partial charge >= 0.3 is 6.18 Å². The predicted molar refractivity (Wildman–Crippen MR) is 61.1 cm³/mol. The van der Waals surface area contributed by atoms with Gasteiger partial charge in [-0.2, -0.15) is 13.2 Å². The summed E-state index contributed by atoms with van der Waals surface area (Å²) in [4.78, 5) is 7.05. The second kappa shape index (κ2) is 5.51. The summed E-state index contributed by atoms with van der Waals surface area (Å²) < 4.78 is 37.2. The molecule has 0 saturated carbocycles. The average Bonchev–Trinajstić information content (AvgIpc) is 2.35. The highest BCUT2D eigenvalue weighted by Gasteiger charge is 2.33. The van der Waals surface area contributed by atoms with E-state index in [1.54, 1.807) is 13.8 Å². The van der Waals surface area contributed by atoms with Crippen LogP contribution in [0.4, 0.5) is 19.1 Å². The molecule has 1 aromatic heterocycles. The molecule has 2 N–H and O–H groups in total. The van der Waals surface area contributed by atoms with Gasteiger partial charge in [0.15, 0.2) is 0 Å². The summed E-state index contributed by atoms with van der Waals surface area (Å²) in [5, 5.41) is 12.6. The molecule has 0 aliphatic heterocycles. The summed E-state index contributed by atoms with van der Waals surface area (Å²) in [5.74, 6) is -0.134. The van der Waals surface area contributed by atoms with Crippen molar-refractivity contribution in [2.24, 2.45) is 0 Å². The van der Waals surface area contributed by atoms with Crippen LogP contribution in [0.2, 0.25) is 0 Å². The number of aromatic nitrogens is 2. The second-order valence-electron chi connectivity index (χ2n) is 4.05. The normalized spacial score (nSPS) is 12.6. The van der Waals surface area contributed by atoms with Crippen LogP contribution in [0.3, 0.4) is 0 Å². The van der Waals surface area contributed by atoms with Crippen LogP contribution in [0.15, 0.2) is 12.3 Å². The Morgan fingerprint density at radius 1 is 1.28 bits per heavy atom. The third kappa shape index (κ3) is 3.83. The van der Waals surface area contributed by atoms with Crippen LogP contribution >= 0.6 is 0 Å². The van der Waals surface area contributed by atoms with Gasteiger partial charge in [0.2, 0.25) is 5.95 Å². The lowest BCUT2D eigenvalue weighted by atomic mass is 9.98. The van der Waals surface area contributed by atoms with Gasteiger partial charge < -0.3 is 10.4 Å². The highest BCUT2D eigenvalue weighted by Crippen LogP contribution is 2.27. The third-order valence-electron chi connectivity index (χ3n) is 2.84. The van der Waals surface area contributed by atoms with E-state index in [4.69, 9.17) is 0 Å². The fourth-order valence-electron chi connectivity index (χ4n) is 1.35. The molecule has 0 aromatic carbocycles. The Hall–Kier alpha value is -1.37. The molecule has 0 fully saturated rings. The van der Waals surface area contributed by atoms with E-state index in [2.05, 4.69) is 15.3 Å². The number of rotatable bonds is 5. The molecule has 0 aliphatic carbocycles. The molecule has 0 atom stereocenters. The van der Waals surface area contributed by atoms with Crippen molar-refractivity contribution in [2.75, 3.05) is 11.9 Å². The Morgan fingerprint density at radius 2 is 1.89 bits per heavy atom. The number of hydrogen-bond acceptors (Lipinski definition) is 4. The molecule has 102 valence electrons. The number of nitrogens with zero attached hydrogens (tertiary/aromatic N) is 2. The number of aliphatic hydroxyl groups is 1. The first kappa shape index (κ1) is 14.7. The molecule has 0 bridgehead atoms. The molecule has 1 heterocycles. The Labute approximate surface area is 103 Å². The van der Waals surface area contributed by atoms with Crippen molar-refractivity contribution in [3.8, 4) is 0 Å². The molecule has 4 nitrogen and oxygen atoms in total. The van der Waals surface area contributed by atoms with Gasteiger partial charge in [-0.1, -0.05) is 13.8 Å². The zero-order valence-electron chi connectivity index (χ0n) is 10.3. The van der Waals surface area contributed by atoms with Crippen LogP contribution in [0.5, 0.6) is 0 Å². The number of nitrogens with one attached hydrogen (secondary N) is 1. The standard InChI is InChI=1S/C11H16F3N3O/c1-3-10(18,4-2)7-16-9-15-6-5-8(17-9)11(12,13)14/h5-6,18H,3-4,7H2,1-2H3,(H,15,16,17). The maximum atomic E-state index is 12.4. The van der Waals surface area contributed by atoms with E-state index >= 15 is 0 Å². The highest BCUT2D eigenvalue weighted by molar-refractivity contribution is 5.26. The first-order chi connectivity index (χ1) is 8.30. The van der Waals surface area contributed by atoms with Gasteiger partial charge in [-0.25, -0.2) is 9.97 Å². The van der Waals surface area contributed by atoms with Crippen LogP contribution in [0, 0.1) is 0 Å². The molecule has 7 heteroatoms. The molecular weight excluding hydrogens is 247 g/mol. The minimum Gasteiger partial charge on any atom is -0.388 e. The summed E-state index contributed by atoms with van der Waals surface area (Å²) in [6.07, 6.45) is -2.47. The topological polar surface area (TPSA) is 58.0 Å². The van der Waals surface area contributed by atoms with E-state index in [1.165, 1.54) is 0 Å². The number of alkyl halides is 3. The lowest BCUT2D eigenvalue weighted by Gasteiger charge is -2.25. The van der Waals surface area contributed by atoms with E-state index < -0.39 is 17.5 Å². The van der Waals surface area contributed by atoms with Crippen LogP contribution in [-0.4, -0.2) is 27.2 Å². The molecular formula is C11H16F3N3O. The maximum absolute atomic E-state index is 12.4. The van der Waals surface area contributed by atoms with Gasteiger partial charge in [-0.15, -0.1) is 0 Å². The van der Waals surface area contributed by atoms with Gasteiger partial charge in [0.05, 0.1) is 5.60 Å². The van der Waals surface area contributed by atoms with Gasteiger partial charge in [0.1, 0.15) is 5.69 Å². The van der Waals surface area contributed by atoms with E-state index in [9.17, 15) is 18.3 Å². The van der Waals surface area contributed by atoms with Crippen LogP contribution in [0.1, 0.15) is 32.4 Å². The number of anilines is 1. The summed E-state index contributed by atoms with van der Waals surface area (Å²) in [7, 11) is 0. The molecule has 0 spiro atoms. The van der Waals surface area contributed by atoms with Crippen LogP contribution < -0.4 is 5.32 Å². The van der Waals surface area contributed by atoms with Crippen molar-refractivity contribution in [2.45, 2.75) is 38.5 Å². The molecule has 1 rings (SSSR count). The van der Waals surface area contributed by atoms with E-state index in [0.29, 0.717) is 12.8 Å². The summed E-state index contributed by atoms with van der Waals surface area (Å²) in [6.45, 7) is 3.72. The van der Waals surface area contributed by atoms with Gasteiger partial charge in [-0.3, -0.25) is 0 Å². The van der Waals surface area contributed by atoms with Gasteiger partial charge in [-0.05, 0) is 18.9 Å². The Balaban J connectivity index is 2.75. The SMILES string of the molecule is CCC(O)(CC)CNc1nccc(C(F)(F)F)n1. The molecule has 0 saturated heterocycles. The van der Waals surface area contributed by atoms with Crippen LogP contribution in [0.25, 0.3) is 0 Å². The van der Waals surface area contributed by atoms with Crippen LogP contribution in [-0.2, 0) is 6.18 Å². The lowest BCUT2D eigenvalue weighted by molar-refractivity contribution is -0.141. The minimum absolute atomic E-state index is 0.112.